The Labute approximate surface area is 109 Å². The molecule has 0 aliphatic heterocycles. The number of thiophene rings is 1. The van der Waals surface area contributed by atoms with Crippen LogP contribution in [0.2, 0.25) is 0 Å². The molecule has 0 aliphatic carbocycles. The number of nitrogens with two attached hydrogens (primary N) is 1. The molecule has 0 spiro atoms. The van der Waals surface area contributed by atoms with E-state index in [0.29, 0.717) is 15.2 Å². The number of halogens is 3. The number of alkyl halides is 3. The molecule has 9 heteroatoms. The molecule has 2 rings (SSSR count). The van der Waals surface area contributed by atoms with E-state index in [2.05, 4.69) is 9.97 Å². The third-order valence-electron chi connectivity index (χ3n) is 2.32. The lowest BCUT2D eigenvalue weighted by Gasteiger charge is -2.18. The summed E-state index contributed by atoms with van der Waals surface area (Å²) < 4.78 is 36.7. The van der Waals surface area contributed by atoms with Crippen LogP contribution in [0.5, 0.6) is 0 Å². The maximum absolute atomic E-state index is 12.2. The molecule has 0 aliphatic rings. The minimum absolute atomic E-state index is 0.0213. The summed E-state index contributed by atoms with van der Waals surface area (Å²) >= 11 is 0.929. The molecule has 5 nitrogen and oxygen atoms in total. The molecule has 2 aromatic heterocycles. The van der Waals surface area contributed by atoms with Gasteiger partial charge in [-0.15, -0.1) is 11.3 Å². The Kier molecular flexibility index (Phi) is 3.31. The molecule has 19 heavy (non-hydrogen) atoms. The van der Waals surface area contributed by atoms with Crippen molar-refractivity contribution in [1.82, 2.24) is 14.9 Å². The van der Waals surface area contributed by atoms with Gasteiger partial charge in [0, 0.05) is 19.4 Å². The predicted molar refractivity (Wildman–Crippen MR) is 64.8 cm³/mol. The van der Waals surface area contributed by atoms with Gasteiger partial charge >= 0.3 is 6.18 Å². The number of aromatic nitrogens is 2. The van der Waals surface area contributed by atoms with Crippen molar-refractivity contribution < 1.29 is 18.0 Å². The SMILES string of the molecule is CN(CC(F)(F)F)C(=O)c1sc2nccnc2c1N. The van der Waals surface area contributed by atoms with E-state index in [-0.39, 0.29) is 10.6 Å². The lowest BCUT2D eigenvalue weighted by Crippen LogP contribution is -2.35. The van der Waals surface area contributed by atoms with Gasteiger partial charge in [0.05, 0.1) is 5.69 Å². The van der Waals surface area contributed by atoms with E-state index in [4.69, 9.17) is 5.73 Å². The summed E-state index contributed by atoms with van der Waals surface area (Å²) in [5.41, 5.74) is 6.11. The van der Waals surface area contributed by atoms with Gasteiger partial charge in [-0.25, -0.2) is 9.97 Å². The molecule has 0 fully saturated rings. The first-order valence-electron chi connectivity index (χ1n) is 5.11. The number of carbonyl (C=O) groups excluding carboxylic acids is 1. The lowest BCUT2D eigenvalue weighted by molar-refractivity contribution is -0.138. The summed E-state index contributed by atoms with van der Waals surface area (Å²) in [4.78, 5) is 20.8. The molecule has 0 bridgehead atoms. The molecule has 1 amide bonds. The zero-order valence-corrected chi connectivity index (χ0v) is 10.5. The lowest BCUT2D eigenvalue weighted by atomic mass is 10.3. The molecule has 0 saturated carbocycles. The van der Waals surface area contributed by atoms with Gasteiger partial charge in [0.25, 0.3) is 5.91 Å². The highest BCUT2D eigenvalue weighted by Crippen LogP contribution is 2.31. The Morgan fingerprint density at radius 1 is 1.42 bits per heavy atom. The van der Waals surface area contributed by atoms with Gasteiger partial charge in [-0.1, -0.05) is 0 Å². The van der Waals surface area contributed by atoms with E-state index in [0.717, 1.165) is 18.4 Å². The van der Waals surface area contributed by atoms with Crippen molar-refractivity contribution in [2.45, 2.75) is 6.18 Å². The number of fused-ring (bicyclic) bond motifs is 1. The van der Waals surface area contributed by atoms with E-state index in [9.17, 15) is 18.0 Å². The van der Waals surface area contributed by atoms with Crippen LogP contribution >= 0.6 is 11.3 Å². The molecule has 0 aromatic carbocycles. The molecule has 102 valence electrons. The first kappa shape index (κ1) is 13.5. The second kappa shape index (κ2) is 4.65. The fraction of sp³-hybridized carbons (Fsp3) is 0.300. The number of amides is 1. The van der Waals surface area contributed by atoms with Crippen molar-refractivity contribution in [3.05, 3.63) is 17.3 Å². The van der Waals surface area contributed by atoms with Crippen LogP contribution in [0.25, 0.3) is 10.3 Å². The van der Waals surface area contributed by atoms with Gasteiger partial charge in [0.2, 0.25) is 0 Å². The first-order chi connectivity index (χ1) is 8.79. The van der Waals surface area contributed by atoms with Gasteiger partial charge in [0.1, 0.15) is 21.8 Å². The number of hydrogen-bond acceptors (Lipinski definition) is 5. The van der Waals surface area contributed by atoms with Crippen molar-refractivity contribution in [1.29, 1.82) is 0 Å². The largest absolute Gasteiger partial charge is 0.406 e. The maximum atomic E-state index is 12.2. The molecule has 2 heterocycles. The van der Waals surface area contributed by atoms with Crippen LogP contribution in [0.1, 0.15) is 9.67 Å². The van der Waals surface area contributed by atoms with Crippen LogP contribution in [0.3, 0.4) is 0 Å². The van der Waals surface area contributed by atoms with Gasteiger partial charge < -0.3 is 10.6 Å². The van der Waals surface area contributed by atoms with Crippen LogP contribution in [-0.2, 0) is 0 Å². The van der Waals surface area contributed by atoms with Gasteiger partial charge in [-0.05, 0) is 0 Å². The summed E-state index contributed by atoms with van der Waals surface area (Å²) in [6, 6.07) is 0. The summed E-state index contributed by atoms with van der Waals surface area (Å²) in [5.74, 6) is -0.792. The van der Waals surface area contributed by atoms with E-state index in [1.165, 1.54) is 12.4 Å². The molecule has 2 N–H and O–H groups in total. The number of hydrogen-bond donors (Lipinski definition) is 1. The van der Waals surface area contributed by atoms with E-state index in [1.54, 1.807) is 0 Å². The highest BCUT2D eigenvalue weighted by molar-refractivity contribution is 7.21. The van der Waals surface area contributed by atoms with Gasteiger partial charge in [-0.2, -0.15) is 13.2 Å². The Balaban J connectivity index is 2.34. The monoisotopic (exact) mass is 290 g/mol. The van der Waals surface area contributed by atoms with Crippen LogP contribution in [0.4, 0.5) is 18.9 Å². The Morgan fingerprint density at radius 2 is 2.05 bits per heavy atom. The number of nitrogen functional groups attached to an aromatic ring is 1. The predicted octanol–water partition coefficient (Wildman–Crippen LogP) is 1.91. The second-order valence-corrected chi connectivity index (χ2v) is 4.83. The Hall–Kier alpha value is -1.90. The van der Waals surface area contributed by atoms with Crippen LogP contribution < -0.4 is 5.73 Å². The standard InChI is InChI=1S/C10H9F3N4OS/c1-17(4-10(11,12)13)9(18)7-5(14)6-8(19-7)16-3-2-15-6/h2-3H,4,14H2,1H3. The average molecular weight is 290 g/mol. The molecule has 0 radical (unpaired) electrons. The topological polar surface area (TPSA) is 72.1 Å². The van der Waals surface area contributed by atoms with Gasteiger partial charge in [0.15, 0.2) is 0 Å². The van der Waals surface area contributed by atoms with Crippen molar-refractivity contribution in [2.24, 2.45) is 0 Å². The molecular formula is C10H9F3N4OS. The van der Waals surface area contributed by atoms with E-state index < -0.39 is 18.6 Å². The fourth-order valence-corrected chi connectivity index (χ4v) is 2.53. The molecule has 0 saturated heterocycles. The summed E-state index contributed by atoms with van der Waals surface area (Å²) in [6.07, 6.45) is -1.63. The van der Waals surface area contributed by atoms with Crippen molar-refractivity contribution in [2.75, 3.05) is 19.3 Å². The molecule has 0 unspecified atom stereocenters. The zero-order chi connectivity index (χ0) is 14.2. The van der Waals surface area contributed by atoms with Crippen molar-refractivity contribution in [3.8, 4) is 0 Å². The summed E-state index contributed by atoms with van der Waals surface area (Å²) in [7, 11) is 1.07. The van der Waals surface area contributed by atoms with Crippen LogP contribution in [0.15, 0.2) is 12.4 Å². The quantitative estimate of drug-likeness (QED) is 0.917. The van der Waals surface area contributed by atoms with E-state index >= 15 is 0 Å². The average Bonchev–Trinajstić information content (AvgIpc) is 2.64. The summed E-state index contributed by atoms with van der Waals surface area (Å²) in [6.45, 7) is -1.33. The maximum Gasteiger partial charge on any atom is 0.406 e. The van der Waals surface area contributed by atoms with Crippen molar-refractivity contribution >= 4 is 33.3 Å². The minimum Gasteiger partial charge on any atom is -0.396 e. The summed E-state index contributed by atoms with van der Waals surface area (Å²) in [5, 5.41) is 0. The first-order valence-corrected chi connectivity index (χ1v) is 5.92. The van der Waals surface area contributed by atoms with E-state index in [1.807, 2.05) is 0 Å². The van der Waals surface area contributed by atoms with Crippen LogP contribution in [0, 0.1) is 0 Å². The number of carbonyl (C=O) groups is 1. The Bertz CT molecular complexity index is 625. The number of nitrogens with zero attached hydrogens (tertiary/aromatic N) is 3. The molecule has 0 atom stereocenters. The second-order valence-electron chi connectivity index (χ2n) is 3.83. The van der Waals surface area contributed by atoms with Gasteiger partial charge in [-0.3, -0.25) is 4.79 Å². The third kappa shape index (κ3) is 2.75. The smallest absolute Gasteiger partial charge is 0.396 e. The third-order valence-corrected chi connectivity index (χ3v) is 3.41. The highest BCUT2D eigenvalue weighted by atomic mass is 32.1. The minimum atomic E-state index is -4.45. The Morgan fingerprint density at radius 3 is 2.63 bits per heavy atom. The zero-order valence-electron chi connectivity index (χ0n) is 9.73. The number of rotatable bonds is 2. The highest BCUT2D eigenvalue weighted by Gasteiger charge is 2.32. The van der Waals surface area contributed by atoms with Crippen molar-refractivity contribution in [3.63, 3.8) is 0 Å². The van der Waals surface area contributed by atoms with Crippen LogP contribution in [-0.4, -0.2) is 40.5 Å². The normalized spacial score (nSPS) is 11.8. The molecule has 2 aromatic rings. The fourth-order valence-electron chi connectivity index (χ4n) is 1.52. The number of anilines is 1. The molecular weight excluding hydrogens is 281 g/mol.